The number of hydrogen-bond donors (Lipinski definition) is 1. The molecule has 17 heavy (non-hydrogen) atoms. The summed E-state index contributed by atoms with van der Waals surface area (Å²) in [6.07, 6.45) is 1.66. The fraction of sp³-hybridized carbons (Fsp3) is 0.400. The Kier molecular flexibility index (Phi) is 3.23. The lowest BCUT2D eigenvalue weighted by Gasteiger charge is -2.13. The Morgan fingerprint density at radius 1 is 1.41 bits per heavy atom. The maximum absolute atomic E-state index is 5.79. The highest BCUT2D eigenvalue weighted by Gasteiger charge is 2.12. The van der Waals surface area contributed by atoms with Crippen LogP contribution in [0.5, 0.6) is 0 Å². The van der Waals surface area contributed by atoms with Crippen LogP contribution in [-0.4, -0.2) is 24.7 Å². The number of hydrogen-bond acceptors (Lipinski definition) is 5. The molecule has 0 aromatic carbocycles. The molecule has 1 unspecified atom stereocenters. The summed E-state index contributed by atoms with van der Waals surface area (Å²) in [7, 11) is 1.89. The zero-order chi connectivity index (χ0) is 12.4. The molecule has 0 amide bonds. The zero-order valence-corrected chi connectivity index (χ0v) is 10.6. The molecule has 6 nitrogen and oxygen atoms in total. The second-order valence-corrected chi connectivity index (χ2v) is 4.17. The van der Waals surface area contributed by atoms with Crippen LogP contribution in [0.2, 0.25) is 5.28 Å². The van der Waals surface area contributed by atoms with Gasteiger partial charge in [-0.1, -0.05) is 0 Å². The van der Waals surface area contributed by atoms with E-state index in [1.54, 1.807) is 6.33 Å². The van der Waals surface area contributed by atoms with Gasteiger partial charge in [-0.25, -0.2) is 9.97 Å². The van der Waals surface area contributed by atoms with Gasteiger partial charge in [-0.15, -0.1) is 10.2 Å². The molecule has 2 heterocycles. The van der Waals surface area contributed by atoms with E-state index in [1.807, 2.05) is 31.5 Å². The first kappa shape index (κ1) is 11.8. The molecule has 0 radical (unpaired) electrons. The highest BCUT2D eigenvalue weighted by atomic mass is 35.5. The highest BCUT2D eigenvalue weighted by molar-refractivity contribution is 6.28. The topological polar surface area (TPSA) is 68.5 Å². The molecule has 1 atom stereocenters. The van der Waals surface area contributed by atoms with E-state index in [9.17, 15) is 0 Å². The minimum absolute atomic E-state index is 0.00660. The van der Waals surface area contributed by atoms with Crippen molar-refractivity contribution in [2.45, 2.75) is 19.9 Å². The molecule has 0 fully saturated rings. The summed E-state index contributed by atoms with van der Waals surface area (Å²) in [5, 5.41) is 11.3. The summed E-state index contributed by atoms with van der Waals surface area (Å²) in [5.74, 6) is 1.51. The molecule has 0 aliphatic rings. The van der Waals surface area contributed by atoms with Crippen molar-refractivity contribution in [3.05, 3.63) is 29.2 Å². The molecule has 2 rings (SSSR count). The molecule has 2 aromatic heterocycles. The average molecular weight is 253 g/mol. The molecule has 0 saturated carbocycles. The lowest BCUT2D eigenvalue weighted by Crippen LogP contribution is -2.13. The van der Waals surface area contributed by atoms with Crippen LogP contribution in [0.15, 0.2) is 12.4 Å². The van der Waals surface area contributed by atoms with Crippen LogP contribution in [0.4, 0.5) is 5.82 Å². The third-order valence-electron chi connectivity index (χ3n) is 2.33. The van der Waals surface area contributed by atoms with E-state index in [4.69, 9.17) is 11.6 Å². The molecular formula is C10H13ClN6. The SMILES string of the molecule is Cc1cc(NC(C)c2nncn2C)nc(Cl)n1. The first-order valence-electron chi connectivity index (χ1n) is 5.18. The average Bonchev–Trinajstić information content (AvgIpc) is 2.62. The summed E-state index contributed by atoms with van der Waals surface area (Å²) < 4.78 is 1.85. The molecule has 0 aliphatic carbocycles. The standard InChI is InChI=1S/C10H13ClN6/c1-6-4-8(15-10(11)13-6)14-7(2)9-16-12-5-17(9)3/h4-5,7H,1-3H3,(H,13,14,15). The zero-order valence-electron chi connectivity index (χ0n) is 9.85. The first-order chi connectivity index (χ1) is 8.06. The monoisotopic (exact) mass is 252 g/mol. The Morgan fingerprint density at radius 3 is 2.76 bits per heavy atom. The smallest absolute Gasteiger partial charge is 0.224 e. The van der Waals surface area contributed by atoms with Crippen LogP contribution < -0.4 is 5.32 Å². The molecule has 0 saturated heterocycles. The lowest BCUT2D eigenvalue weighted by atomic mass is 10.3. The van der Waals surface area contributed by atoms with Gasteiger partial charge in [0.2, 0.25) is 5.28 Å². The third kappa shape index (κ3) is 2.71. The predicted octanol–water partition coefficient (Wildman–Crippen LogP) is 1.74. The van der Waals surface area contributed by atoms with Crippen molar-refractivity contribution in [2.24, 2.45) is 7.05 Å². The van der Waals surface area contributed by atoms with Gasteiger partial charge in [-0.3, -0.25) is 0 Å². The van der Waals surface area contributed by atoms with Crippen molar-refractivity contribution in [2.75, 3.05) is 5.32 Å². The van der Waals surface area contributed by atoms with Gasteiger partial charge in [0.05, 0.1) is 6.04 Å². The molecular weight excluding hydrogens is 240 g/mol. The van der Waals surface area contributed by atoms with E-state index < -0.39 is 0 Å². The maximum Gasteiger partial charge on any atom is 0.224 e. The van der Waals surface area contributed by atoms with Crippen molar-refractivity contribution < 1.29 is 0 Å². The van der Waals surface area contributed by atoms with Crippen molar-refractivity contribution in [3.8, 4) is 0 Å². The van der Waals surface area contributed by atoms with Crippen molar-refractivity contribution in [3.63, 3.8) is 0 Å². The molecule has 0 aliphatic heterocycles. The van der Waals surface area contributed by atoms with Gasteiger partial charge in [0.25, 0.3) is 0 Å². The quantitative estimate of drug-likeness (QED) is 0.843. The molecule has 90 valence electrons. The fourth-order valence-electron chi connectivity index (χ4n) is 1.58. The lowest BCUT2D eigenvalue weighted by molar-refractivity contribution is 0.716. The predicted molar refractivity (Wildman–Crippen MR) is 64.8 cm³/mol. The summed E-state index contributed by atoms with van der Waals surface area (Å²) in [5.41, 5.74) is 0.817. The van der Waals surface area contributed by atoms with E-state index >= 15 is 0 Å². The van der Waals surface area contributed by atoms with Gasteiger partial charge in [0.1, 0.15) is 12.1 Å². The van der Waals surface area contributed by atoms with Crippen LogP contribution in [0, 0.1) is 6.92 Å². The fourth-order valence-corrected chi connectivity index (χ4v) is 1.80. The molecule has 2 aromatic rings. The number of aromatic nitrogens is 5. The molecule has 7 heteroatoms. The van der Waals surface area contributed by atoms with E-state index in [0.717, 1.165) is 11.5 Å². The van der Waals surface area contributed by atoms with Crippen molar-refractivity contribution >= 4 is 17.4 Å². The number of halogens is 1. The van der Waals surface area contributed by atoms with E-state index in [0.29, 0.717) is 5.82 Å². The Bertz CT molecular complexity index is 503. The van der Waals surface area contributed by atoms with Gasteiger partial charge >= 0.3 is 0 Å². The Balaban J connectivity index is 2.18. The van der Waals surface area contributed by atoms with E-state index in [1.165, 1.54) is 0 Å². The van der Waals surface area contributed by atoms with Gasteiger partial charge in [-0.2, -0.15) is 0 Å². The maximum atomic E-state index is 5.79. The molecule has 0 spiro atoms. The number of rotatable bonds is 3. The first-order valence-corrected chi connectivity index (χ1v) is 5.55. The van der Waals surface area contributed by atoms with Gasteiger partial charge in [0.15, 0.2) is 5.82 Å². The number of nitrogens with zero attached hydrogens (tertiary/aromatic N) is 5. The van der Waals surface area contributed by atoms with E-state index in [-0.39, 0.29) is 11.3 Å². The highest BCUT2D eigenvalue weighted by Crippen LogP contribution is 2.17. The Morgan fingerprint density at radius 2 is 2.18 bits per heavy atom. The van der Waals surface area contributed by atoms with Crippen LogP contribution in [0.1, 0.15) is 24.5 Å². The third-order valence-corrected chi connectivity index (χ3v) is 2.49. The minimum atomic E-state index is -0.00660. The summed E-state index contributed by atoms with van der Waals surface area (Å²) in [6, 6.07) is 1.83. The van der Waals surface area contributed by atoms with Gasteiger partial charge < -0.3 is 9.88 Å². The van der Waals surface area contributed by atoms with Crippen LogP contribution in [0.25, 0.3) is 0 Å². The van der Waals surface area contributed by atoms with Crippen molar-refractivity contribution in [1.82, 2.24) is 24.7 Å². The minimum Gasteiger partial charge on any atom is -0.360 e. The Labute approximate surface area is 104 Å². The normalized spacial score (nSPS) is 12.5. The van der Waals surface area contributed by atoms with E-state index in [2.05, 4.69) is 25.5 Å². The number of nitrogens with one attached hydrogen (secondary N) is 1. The summed E-state index contributed by atoms with van der Waals surface area (Å²) in [4.78, 5) is 8.10. The van der Waals surface area contributed by atoms with Crippen LogP contribution >= 0.6 is 11.6 Å². The van der Waals surface area contributed by atoms with Crippen LogP contribution in [-0.2, 0) is 7.05 Å². The second kappa shape index (κ2) is 4.67. The summed E-state index contributed by atoms with van der Waals surface area (Å²) in [6.45, 7) is 3.85. The summed E-state index contributed by atoms with van der Waals surface area (Å²) >= 11 is 5.79. The van der Waals surface area contributed by atoms with Crippen molar-refractivity contribution in [1.29, 1.82) is 0 Å². The number of anilines is 1. The second-order valence-electron chi connectivity index (χ2n) is 3.83. The molecule has 0 bridgehead atoms. The van der Waals surface area contributed by atoms with Gasteiger partial charge in [0, 0.05) is 18.8 Å². The molecule has 1 N–H and O–H groups in total. The van der Waals surface area contributed by atoms with Crippen LogP contribution in [0.3, 0.4) is 0 Å². The number of aryl methyl sites for hydroxylation is 2. The largest absolute Gasteiger partial charge is 0.360 e. The Hall–Kier alpha value is -1.69. The van der Waals surface area contributed by atoms with Gasteiger partial charge in [-0.05, 0) is 25.4 Å².